The number of dihydropyridines is 1. The van der Waals surface area contributed by atoms with Gasteiger partial charge >= 0.3 is 5.97 Å². The number of carbonyl (C=O) groups is 1. The largest absolute Gasteiger partial charge is 0.449 e. The fourth-order valence-electron chi connectivity index (χ4n) is 3.60. The first-order valence-corrected chi connectivity index (χ1v) is 9.85. The Morgan fingerprint density at radius 2 is 2.00 bits per heavy atom. The number of pyridine rings is 1. The molecule has 3 rings (SSSR count). The Morgan fingerprint density at radius 1 is 1.19 bits per heavy atom. The first kappa shape index (κ1) is 22.3. The summed E-state index contributed by atoms with van der Waals surface area (Å²) in [4.78, 5) is 28.5. The molecule has 1 aliphatic heterocycles. The lowest BCUT2D eigenvalue weighted by Gasteiger charge is -2.31. The first-order valence-electron chi connectivity index (χ1n) is 9.85. The zero-order valence-electron chi connectivity index (χ0n) is 17.9. The minimum atomic E-state index is -0.609. The number of ether oxygens (including phenoxy) is 1. The van der Waals surface area contributed by atoms with Crippen LogP contribution < -0.4 is 5.32 Å². The van der Waals surface area contributed by atoms with E-state index < -0.39 is 16.8 Å². The van der Waals surface area contributed by atoms with Crippen LogP contribution in [0.3, 0.4) is 0 Å². The van der Waals surface area contributed by atoms with Gasteiger partial charge in [0, 0.05) is 41.2 Å². The first-order chi connectivity index (χ1) is 15.4. The minimum Gasteiger partial charge on any atom is -0.449 e. The highest BCUT2D eigenvalue weighted by molar-refractivity contribution is 5.97. The molecule has 0 saturated carbocycles. The number of nitrogens with one attached hydrogen (secondary N) is 1. The average Bonchev–Trinajstić information content (AvgIpc) is 2.79. The van der Waals surface area contributed by atoms with E-state index in [-0.39, 0.29) is 12.3 Å². The number of nitro groups is 1. The molecule has 0 saturated heterocycles. The van der Waals surface area contributed by atoms with Crippen LogP contribution in [0, 0.1) is 33.8 Å². The third kappa shape index (κ3) is 4.85. The topological polar surface area (TPSA) is 94.4 Å². The molecule has 0 amide bonds. The van der Waals surface area contributed by atoms with Gasteiger partial charge in [-0.15, -0.1) is 0 Å². The molecular weight excluding hydrogens is 406 g/mol. The number of hydrogen-bond acceptors (Lipinski definition) is 6. The van der Waals surface area contributed by atoms with E-state index in [1.54, 1.807) is 38.2 Å². The van der Waals surface area contributed by atoms with E-state index in [1.807, 2.05) is 19.1 Å². The number of carbonyl (C=O) groups excluding carboxylic acids is 1. The molecule has 1 aromatic carbocycles. The van der Waals surface area contributed by atoms with Crippen LogP contribution >= 0.6 is 0 Å². The quantitative estimate of drug-likeness (QED) is 0.336. The van der Waals surface area contributed by atoms with Gasteiger partial charge in [-0.2, -0.15) is 0 Å². The average molecular weight is 427 g/mol. The molecule has 1 unspecified atom stereocenters. The number of allylic oxidation sites excluding steroid dienone is 3. The highest BCUT2D eigenvalue weighted by Gasteiger charge is 2.35. The molecule has 1 aliphatic rings. The van der Waals surface area contributed by atoms with E-state index in [4.69, 9.17) is 4.74 Å². The number of nitro benzene ring substituents is 1. The second-order valence-electron chi connectivity index (χ2n) is 6.96. The number of hydrogen-bond donors (Lipinski definition) is 1. The number of rotatable bonds is 5. The van der Waals surface area contributed by atoms with Gasteiger partial charge in [-0.1, -0.05) is 24.1 Å². The van der Waals surface area contributed by atoms with E-state index >= 15 is 0 Å². The van der Waals surface area contributed by atoms with Gasteiger partial charge in [-0.25, -0.2) is 4.79 Å². The van der Waals surface area contributed by atoms with E-state index in [9.17, 15) is 14.9 Å². The van der Waals surface area contributed by atoms with Gasteiger partial charge in [0.25, 0.3) is 5.69 Å². The van der Waals surface area contributed by atoms with Gasteiger partial charge in [0.05, 0.1) is 16.2 Å². The molecule has 0 aliphatic carbocycles. The maximum atomic E-state index is 13.1. The molecule has 0 spiro atoms. The highest BCUT2D eigenvalue weighted by atomic mass is 16.6. The molecule has 160 valence electrons. The van der Waals surface area contributed by atoms with Crippen LogP contribution in [0.15, 0.2) is 65.6 Å². The summed E-state index contributed by atoms with van der Waals surface area (Å²) in [5.74, 6) is 9.34. The van der Waals surface area contributed by atoms with Crippen LogP contribution in [0.5, 0.6) is 0 Å². The number of nitrogens with zero attached hydrogens (tertiary/aromatic N) is 2. The van der Waals surface area contributed by atoms with Crippen molar-refractivity contribution in [2.24, 2.45) is 0 Å². The zero-order chi connectivity index (χ0) is 23.1. The Labute approximate surface area is 186 Å². The highest BCUT2D eigenvalue weighted by Crippen LogP contribution is 2.43. The van der Waals surface area contributed by atoms with Crippen molar-refractivity contribution in [1.29, 1.82) is 0 Å². The molecule has 0 radical (unpaired) electrons. The van der Waals surface area contributed by atoms with E-state index in [2.05, 4.69) is 34.0 Å². The number of aromatic nitrogens is 1. The number of esters is 1. The Kier molecular flexibility index (Phi) is 7.05. The normalized spacial score (nSPS) is 15.0. The van der Waals surface area contributed by atoms with Gasteiger partial charge in [0.1, 0.15) is 0 Å². The Morgan fingerprint density at radius 3 is 2.69 bits per heavy atom. The molecule has 7 nitrogen and oxygen atoms in total. The summed E-state index contributed by atoms with van der Waals surface area (Å²) in [6.07, 6.45) is 1.66. The van der Waals surface area contributed by atoms with Crippen molar-refractivity contribution >= 4 is 17.2 Å². The van der Waals surface area contributed by atoms with Gasteiger partial charge in [0.15, 0.2) is 6.61 Å². The SMILES string of the molecule is CC#CC#CCOC(=O)C1=C(C)NC(C)=C(c2ccccn2)C1c1cccc([N+](=O)[O-])c1. The summed E-state index contributed by atoms with van der Waals surface area (Å²) in [5.41, 5.74) is 3.68. The van der Waals surface area contributed by atoms with Gasteiger partial charge in [0.2, 0.25) is 0 Å². The van der Waals surface area contributed by atoms with Gasteiger partial charge < -0.3 is 10.1 Å². The van der Waals surface area contributed by atoms with E-state index in [0.29, 0.717) is 22.5 Å². The Hall–Kier alpha value is -4.36. The van der Waals surface area contributed by atoms with Crippen LogP contribution in [0.1, 0.15) is 37.9 Å². The molecule has 1 atom stereocenters. The monoisotopic (exact) mass is 427 g/mol. The summed E-state index contributed by atoms with van der Waals surface area (Å²) in [6.45, 7) is 5.20. The third-order valence-corrected chi connectivity index (χ3v) is 4.89. The van der Waals surface area contributed by atoms with Crippen molar-refractivity contribution < 1.29 is 14.5 Å². The van der Waals surface area contributed by atoms with Crippen molar-refractivity contribution in [3.8, 4) is 23.7 Å². The predicted octanol–water partition coefficient (Wildman–Crippen LogP) is 3.95. The fourth-order valence-corrected chi connectivity index (χ4v) is 3.60. The molecule has 0 bridgehead atoms. The molecular formula is C25H21N3O4. The molecule has 2 heterocycles. The van der Waals surface area contributed by atoms with Gasteiger partial charge in [-0.3, -0.25) is 15.1 Å². The molecule has 0 fully saturated rings. The lowest BCUT2D eigenvalue weighted by molar-refractivity contribution is -0.384. The minimum absolute atomic E-state index is 0.0616. The third-order valence-electron chi connectivity index (χ3n) is 4.89. The maximum absolute atomic E-state index is 13.1. The molecule has 1 N–H and O–H groups in total. The summed E-state index contributed by atoms with van der Waals surface area (Å²) < 4.78 is 5.39. The summed E-state index contributed by atoms with van der Waals surface area (Å²) in [5, 5.41) is 14.6. The van der Waals surface area contributed by atoms with Crippen LogP contribution in [0.25, 0.3) is 5.57 Å². The molecule has 1 aromatic heterocycles. The molecule has 2 aromatic rings. The lowest BCUT2D eigenvalue weighted by atomic mass is 9.79. The van der Waals surface area contributed by atoms with Crippen molar-refractivity contribution in [2.45, 2.75) is 26.7 Å². The van der Waals surface area contributed by atoms with Crippen LogP contribution in [0.4, 0.5) is 5.69 Å². The second kappa shape index (κ2) is 10.1. The molecule has 7 heteroatoms. The van der Waals surface area contributed by atoms with Crippen molar-refractivity contribution in [3.05, 3.63) is 87.0 Å². The fraction of sp³-hybridized carbons (Fsp3) is 0.200. The zero-order valence-corrected chi connectivity index (χ0v) is 17.9. The Bertz CT molecular complexity index is 1240. The van der Waals surface area contributed by atoms with Crippen molar-refractivity contribution in [2.75, 3.05) is 6.61 Å². The number of benzene rings is 1. The van der Waals surface area contributed by atoms with E-state index in [1.165, 1.54) is 12.1 Å². The van der Waals surface area contributed by atoms with Crippen LogP contribution in [-0.2, 0) is 9.53 Å². The maximum Gasteiger partial charge on any atom is 0.337 e. The Balaban J connectivity index is 2.11. The second-order valence-corrected chi connectivity index (χ2v) is 6.96. The number of non-ortho nitro benzene ring substituents is 1. The van der Waals surface area contributed by atoms with E-state index in [0.717, 1.165) is 11.3 Å². The lowest BCUT2D eigenvalue weighted by Crippen LogP contribution is -2.29. The van der Waals surface area contributed by atoms with Crippen molar-refractivity contribution in [3.63, 3.8) is 0 Å². The standard InChI is InChI=1S/C25H21N3O4/c1-4-5-6-9-15-32-25(29)23-18(3)27-17(2)22(21-13-7-8-14-26-21)24(23)19-11-10-12-20(16-19)28(30)31/h7-8,10-14,16,24,27H,15H2,1-3H3. The molecule has 32 heavy (non-hydrogen) atoms. The predicted molar refractivity (Wildman–Crippen MR) is 121 cm³/mol. The summed E-state index contributed by atoms with van der Waals surface area (Å²) >= 11 is 0. The van der Waals surface area contributed by atoms with Crippen molar-refractivity contribution in [1.82, 2.24) is 10.3 Å². The van der Waals surface area contributed by atoms with Crippen LogP contribution in [-0.4, -0.2) is 22.5 Å². The van der Waals surface area contributed by atoms with Crippen LogP contribution in [0.2, 0.25) is 0 Å². The summed E-state index contributed by atoms with van der Waals surface area (Å²) in [7, 11) is 0. The summed E-state index contributed by atoms with van der Waals surface area (Å²) in [6, 6.07) is 11.7. The smallest absolute Gasteiger partial charge is 0.337 e. The van der Waals surface area contributed by atoms with Gasteiger partial charge in [-0.05, 0) is 56.2 Å².